The molecular formula is C21H24FIN6. The second-order valence-electron chi connectivity index (χ2n) is 6.75. The van der Waals surface area contributed by atoms with Crippen LogP contribution in [0.15, 0.2) is 72.0 Å². The van der Waals surface area contributed by atoms with E-state index in [9.17, 15) is 4.39 Å². The van der Waals surface area contributed by atoms with E-state index in [-0.39, 0.29) is 29.8 Å². The Morgan fingerprint density at radius 1 is 1.00 bits per heavy atom. The Bertz CT molecular complexity index is 934. The predicted molar refractivity (Wildman–Crippen MR) is 124 cm³/mol. The van der Waals surface area contributed by atoms with E-state index < -0.39 is 0 Å². The van der Waals surface area contributed by atoms with Crippen LogP contribution in [0.2, 0.25) is 0 Å². The van der Waals surface area contributed by atoms with E-state index in [1.807, 2.05) is 47.3 Å². The number of aliphatic imine (C=N–C) groups is 1. The third kappa shape index (κ3) is 5.26. The molecule has 0 aliphatic carbocycles. The molecule has 3 aromatic rings. The molecule has 0 radical (unpaired) electrons. The molecule has 2 N–H and O–H groups in total. The fourth-order valence-corrected chi connectivity index (χ4v) is 3.34. The first-order valence-corrected chi connectivity index (χ1v) is 9.33. The van der Waals surface area contributed by atoms with Gasteiger partial charge >= 0.3 is 0 Å². The van der Waals surface area contributed by atoms with Crippen molar-refractivity contribution in [1.82, 2.24) is 14.7 Å². The molecule has 2 aromatic carbocycles. The van der Waals surface area contributed by atoms with Gasteiger partial charge in [0.1, 0.15) is 5.82 Å². The van der Waals surface area contributed by atoms with Crippen LogP contribution in [-0.4, -0.2) is 46.8 Å². The molecule has 1 fully saturated rings. The lowest BCUT2D eigenvalue weighted by Crippen LogP contribution is -2.51. The average molecular weight is 506 g/mol. The Kier molecular flexibility index (Phi) is 7.08. The summed E-state index contributed by atoms with van der Waals surface area (Å²) >= 11 is 0. The zero-order valence-corrected chi connectivity index (χ0v) is 18.3. The Hall–Kier alpha value is -2.62. The molecule has 1 aliphatic heterocycles. The lowest BCUT2D eigenvalue weighted by atomic mass is 10.2. The summed E-state index contributed by atoms with van der Waals surface area (Å²) in [4.78, 5) is 8.90. The van der Waals surface area contributed by atoms with Gasteiger partial charge < -0.3 is 15.5 Å². The number of nitrogens with two attached hydrogens (primary N) is 1. The highest BCUT2D eigenvalue weighted by atomic mass is 127. The van der Waals surface area contributed by atoms with E-state index in [1.165, 1.54) is 12.1 Å². The molecular weight excluding hydrogens is 482 g/mol. The van der Waals surface area contributed by atoms with Gasteiger partial charge in [0.2, 0.25) is 0 Å². The number of anilines is 1. The first-order chi connectivity index (χ1) is 13.7. The number of guanidine groups is 1. The molecule has 1 saturated heterocycles. The fraction of sp³-hybridized carbons (Fsp3) is 0.238. The Morgan fingerprint density at radius 2 is 1.76 bits per heavy atom. The van der Waals surface area contributed by atoms with Crippen LogP contribution < -0.4 is 10.6 Å². The molecule has 29 heavy (non-hydrogen) atoms. The van der Waals surface area contributed by atoms with Gasteiger partial charge in [0.15, 0.2) is 5.96 Å². The molecule has 0 amide bonds. The summed E-state index contributed by atoms with van der Waals surface area (Å²) in [5.41, 5.74) is 9.35. The summed E-state index contributed by atoms with van der Waals surface area (Å²) in [7, 11) is 0. The topological polar surface area (TPSA) is 62.7 Å². The standard InChI is InChI=1S/C21H23FN6.HI/c22-18-5-7-19(8-6-18)26-11-13-27(14-12-26)21(23)24-16-17-3-1-4-20(15-17)28-10-2-9-25-28;/h1-10,15H,11-14,16H2,(H2,23,24);1H. The number of benzene rings is 2. The number of aromatic nitrogens is 2. The maximum Gasteiger partial charge on any atom is 0.191 e. The molecule has 152 valence electrons. The van der Waals surface area contributed by atoms with E-state index in [4.69, 9.17) is 5.73 Å². The summed E-state index contributed by atoms with van der Waals surface area (Å²) in [6, 6.07) is 16.6. The molecule has 0 spiro atoms. The average Bonchev–Trinajstić information content (AvgIpc) is 3.28. The smallest absolute Gasteiger partial charge is 0.191 e. The van der Waals surface area contributed by atoms with Crippen LogP contribution >= 0.6 is 24.0 Å². The highest BCUT2D eigenvalue weighted by molar-refractivity contribution is 14.0. The van der Waals surface area contributed by atoms with Gasteiger partial charge in [-0.2, -0.15) is 5.10 Å². The van der Waals surface area contributed by atoms with Crippen molar-refractivity contribution in [3.63, 3.8) is 0 Å². The van der Waals surface area contributed by atoms with Crippen molar-refractivity contribution in [3.8, 4) is 5.69 Å². The molecule has 0 atom stereocenters. The van der Waals surface area contributed by atoms with Gasteiger partial charge in [-0.25, -0.2) is 14.1 Å². The summed E-state index contributed by atoms with van der Waals surface area (Å²) < 4.78 is 14.9. The van der Waals surface area contributed by atoms with Crippen LogP contribution in [0.4, 0.5) is 10.1 Å². The molecule has 0 unspecified atom stereocenters. The molecule has 1 aromatic heterocycles. The zero-order valence-electron chi connectivity index (χ0n) is 16.0. The maximum atomic E-state index is 13.1. The van der Waals surface area contributed by atoms with Crippen molar-refractivity contribution in [3.05, 3.63) is 78.4 Å². The normalized spacial score (nSPS) is 14.6. The number of halogens is 2. The summed E-state index contributed by atoms with van der Waals surface area (Å²) in [5, 5.41) is 4.26. The third-order valence-electron chi connectivity index (χ3n) is 4.90. The monoisotopic (exact) mass is 506 g/mol. The minimum absolute atomic E-state index is 0. The number of nitrogens with zero attached hydrogens (tertiary/aromatic N) is 5. The van der Waals surface area contributed by atoms with E-state index in [1.54, 1.807) is 6.20 Å². The lowest BCUT2D eigenvalue weighted by molar-refractivity contribution is 0.380. The van der Waals surface area contributed by atoms with Crippen LogP contribution in [0.5, 0.6) is 0 Å². The number of hydrogen-bond acceptors (Lipinski definition) is 3. The molecule has 0 bridgehead atoms. The molecule has 1 aliphatic rings. The number of rotatable bonds is 4. The first kappa shape index (κ1) is 21.1. The van der Waals surface area contributed by atoms with Crippen LogP contribution in [0.1, 0.15) is 5.56 Å². The van der Waals surface area contributed by atoms with Gasteiger partial charge in [0, 0.05) is 44.3 Å². The molecule has 0 saturated carbocycles. The summed E-state index contributed by atoms with van der Waals surface area (Å²) in [6.45, 7) is 3.77. The van der Waals surface area contributed by atoms with E-state index >= 15 is 0 Å². The van der Waals surface area contributed by atoms with E-state index in [0.717, 1.165) is 43.1 Å². The van der Waals surface area contributed by atoms with E-state index in [2.05, 4.69) is 26.0 Å². The van der Waals surface area contributed by atoms with Crippen LogP contribution in [-0.2, 0) is 6.54 Å². The van der Waals surface area contributed by atoms with Gasteiger partial charge in [-0.1, -0.05) is 12.1 Å². The molecule has 6 nitrogen and oxygen atoms in total. The minimum Gasteiger partial charge on any atom is -0.370 e. The lowest BCUT2D eigenvalue weighted by Gasteiger charge is -2.36. The van der Waals surface area contributed by atoms with Gasteiger partial charge in [-0.15, -0.1) is 24.0 Å². The van der Waals surface area contributed by atoms with Crippen LogP contribution in [0.3, 0.4) is 0 Å². The van der Waals surface area contributed by atoms with Crippen molar-refractivity contribution in [2.75, 3.05) is 31.1 Å². The summed E-state index contributed by atoms with van der Waals surface area (Å²) in [5.74, 6) is 0.346. The highest BCUT2D eigenvalue weighted by Crippen LogP contribution is 2.17. The second-order valence-corrected chi connectivity index (χ2v) is 6.75. The molecule has 8 heteroatoms. The van der Waals surface area contributed by atoms with Crippen molar-refractivity contribution >= 4 is 35.6 Å². The van der Waals surface area contributed by atoms with Crippen molar-refractivity contribution in [2.24, 2.45) is 10.7 Å². The Labute approximate surface area is 186 Å². The van der Waals surface area contributed by atoms with Gasteiger partial charge in [0.05, 0.1) is 12.2 Å². The van der Waals surface area contributed by atoms with Crippen molar-refractivity contribution in [1.29, 1.82) is 0 Å². The second kappa shape index (κ2) is 9.73. The van der Waals surface area contributed by atoms with Gasteiger partial charge in [-0.3, -0.25) is 0 Å². The highest BCUT2D eigenvalue weighted by Gasteiger charge is 2.18. The molecule has 2 heterocycles. The predicted octanol–water partition coefficient (Wildman–Crippen LogP) is 3.27. The van der Waals surface area contributed by atoms with Crippen LogP contribution in [0, 0.1) is 5.82 Å². The number of hydrogen-bond donors (Lipinski definition) is 1. The van der Waals surface area contributed by atoms with Crippen LogP contribution in [0.25, 0.3) is 5.69 Å². The Morgan fingerprint density at radius 3 is 2.45 bits per heavy atom. The third-order valence-corrected chi connectivity index (χ3v) is 4.90. The zero-order chi connectivity index (χ0) is 19.3. The quantitative estimate of drug-likeness (QED) is 0.335. The largest absolute Gasteiger partial charge is 0.370 e. The fourth-order valence-electron chi connectivity index (χ4n) is 3.34. The van der Waals surface area contributed by atoms with E-state index in [0.29, 0.717) is 12.5 Å². The van der Waals surface area contributed by atoms with Crippen molar-refractivity contribution < 1.29 is 4.39 Å². The van der Waals surface area contributed by atoms with Gasteiger partial charge in [0.25, 0.3) is 0 Å². The minimum atomic E-state index is -0.213. The van der Waals surface area contributed by atoms with Crippen molar-refractivity contribution in [2.45, 2.75) is 6.54 Å². The first-order valence-electron chi connectivity index (χ1n) is 9.33. The SMILES string of the molecule is I.NC(=NCc1cccc(-n2cccn2)c1)N1CCN(c2ccc(F)cc2)CC1. The maximum absolute atomic E-state index is 13.1. The van der Waals surface area contributed by atoms with Gasteiger partial charge in [-0.05, 0) is 48.0 Å². The number of piperazine rings is 1. The Balaban J connectivity index is 0.00000240. The molecule has 4 rings (SSSR count). The summed E-state index contributed by atoms with van der Waals surface area (Å²) in [6.07, 6.45) is 3.67.